The molecule has 0 aromatic heterocycles. The van der Waals surface area contributed by atoms with E-state index >= 15 is 0 Å². The second kappa shape index (κ2) is 20.5. The number of sulfonamides is 1. The van der Waals surface area contributed by atoms with Crippen LogP contribution in [0.1, 0.15) is 77.3 Å². The standard InChI is InChI=1S/C48H48N4O13S6.K/c1-47(2)36(50(20-8-6-7-9-41(56)65-52-39(54)18-19-40(52)55)34-16-10-26-21-28(70(59,60)61)12-14-30(26)42(34)47)23-32-44(66)33(46(68)45(32)67)24-37-48(3,4)43-31-15-13-29(71(62,63)64)22-27(31)11-17-35(43)51(37)25-38(53)49-69(5,57)58;/h10-17,21-24,32,44H,6-9,18-20,25H2,1-5H3,(H3-,49,53,59,60,61,62,63,64,66);/p+1/b33-24-,36-23+;. The van der Waals surface area contributed by atoms with E-state index in [1.54, 1.807) is 34.9 Å². The Kier molecular flexibility index (Phi) is 16.0. The van der Waals surface area contributed by atoms with Gasteiger partial charge in [0.1, 0.15) is 0 Å². The number of thiocarbonyl (C=S) groups is 2. The molecule has 0 bridgehead atoms. The summed E-state index contributed by atoms with van der Waals surface area (Å²) >= 11 is 17.4. The van der Waals surface area contributed by atoms with Gasteiger partial charge in [-0.05, 0) is 95.8 Å². The molecule has 4 aliphatic rings. The van der Waals surface area contributed by atoms with Gasteiger partial charge in [-0.25, -0.2) is 17.9 Å². The summed E-state index contributed by atoms with van der Waals surface area (Å²) < 4.78 is 96.4. The van der Waals surface area contributed by atoms with Gasteiger partial charge in [0.15, 0.2) is 5.71 Å². The summed E-state index contributed by atoms with van der Waals surface area (Å²) in [4.78, 5) is 57.3. The Bertz CT molecular complexity index is 3520. The summed E-state index contributed by atoms with van der Waals surface area (Å²) in [5, 5.41) is 2.31. The molecular weight excluding hydrogens is 1070 g/mol. The molecule has 0 spiro atoms. The minimum absolute atomic E-state index is 0. The molecule has 1 saturated carbocycles. The smallest absolute Gasteiger partial charge is 0.333 e. The van der Waals surface area contributed by atoms with E-state index in [-0.39, 0.29) is 80.4 Å². The van der Waals surface area contributed by atoms with E-state index in [0.717, 1.165) is 28.6 Å². The number of carbonyl (C=O) groups excluding carboxylic acids is 4. The number of fused-ring (bicyclic) bond motifs is 6. The molecule has 3 aliphatic heterocycles. The Balaban J connectivity index is 0.00000760. The van der Waals surface area contributed by atoms with Crippen LogP contribution in [0.25, 0.3) is 21.5 Å². The number of hydroxylamine groups is 2. The molecule has 1 radical (unpaired) electrons. The third-order valence-corrected chi connectivity index (χ3v) is 17.3. The third kappa shape index (κ3) is 10.8. The molecule has 375 valence electrons. The van der Waals surface area contributed by atoms with E-state index in [1.807, 2.05) is 50.6 Å². The van der Waals surface area contributed by atoms with E-state index in [0.29, 0.717) is 79.3 Å². The van der Waals surface area contributed by atoms with Crippen LogP contribution in [0.3, 0.4) is 0 Å². The number of unbranched alkanes of at least 4 members (excludes halogenated alkanes) is 2. The molecule has 2 atom stereocenters. The number of nitrogens with one attached hydrogen (secondary N) is 1. The van der Waals surface area contributed by atoms with Crippen LogP contribution in [-0.2, 0) is 65.1 Å². The number of hydrogen-bond donors (Lipinski definition) is 4. The van der Waals surface area contributed by atoms with Crippen molar-refractivity contribution in [2.24, 2.45) is 5.92 Å². The number of anilines is 1. The molecule has 3 amide bonds. The fourth-order valence-corrected chi connectivity index (χ4v) is 12.9. The monoisotopic (exact) mass is 1120 g/mol. The summed E-state index contributed by atoms with van der Waals surface area (Å²) in [6, 6.07) is 15.6. The summed E-state index contributed by atoms with van der Waals surface area (Å²) in [6.45, 7) is 7.89. The van der Waals surface area contributed by atoms with E-state index in [4.69, 9.17) is 41.9 Å². The number of amides is 3. The maximum Gasteiger partial charge on any atom is 0.333 e. The normalized spacial score (nSPS) is 20.8. The molecule has 17 nitrogen and oxygen atoms in total. The first-order valence-electron chi connectivity index (χ1n) is 22.3. The fraction of sp³-hybridized carbons (Fsp3) is 0.354. The van der Waals surface area contributed by atoms with Crippen LogP contribution in [0.2, 0.25) is 0 Å². The first-order chi connectivity index (χ1) is 33.0. The second-order valence-corrected chi connectivity index (χ2v) is 25.0. The number of hydrogen-bond acceptors (Lipinski definition) is 15. The average Bonchev–Trinajstić information content (AvgIpc) is 3.85. The molecule has 1 saturated heterocycles. The fourth-order valence-electron chi connectivity index (χ4n) is 10.1. The van der Waals surface area contributed by atoms with Crippen LogP contribution < -0.4 is 9.62 Å². The van der Waals surface area contributed by atoms with Gasteiger partial charge in [0, 0.05) is 128 Å². The van der Waals surface area contributed by atoms with Crippen molar-refractivity contribution in [3.05, 3.63) is 95.2 Å². The molecule has 3 heterocycles. The molecule has 2 unspecified atom stereocenters. The van der Waals surface area contributed by atoms with E-state index < -0.39 is 82.5 Å². The minimum atomic E-state index is -4.54. The van der Waals surface area contributed by atoms with Gasteiger partial charge in [-0.3, -0.25) is 23.5 Å². The SMILES string of the molecule is CC1(C)C(/C=C2\C(=S)C(=S)C(/C=C3/N(CCCCCC(=O)ON4C(=O)CCC4=O)c4ccc5cc(S(=O)(=O)O)ccc5c4C3(C)C)C2S)=[N+](CC(=O)NS(C)(=O)=O)c2ccc3cc(S(=O)(=O)O)ccc3c21.[K]. The predicted octanol–water partition coefficient (Wildman–Crippen LogP) is 6.00. The Morgan fingerprint density at radius 1 is 0.833 bits per heavy atom. The molecule has 72 heavy (non-hydrogen) atoms. The van der Waals surface area contributed by atoms with Crippen LogP contribution in [0.4, 0.5) is 11.4 Å². The maximum absolute atomic E-state index is 13.4. The van der Waals surface area contributed by atoms with Crippen LogP contribution in [-0.4, -0.2) is 159 Å². The van der Waals surface area contributed by atoms with E-state index in [1.165, 1.54) is 24.3 Å². The molecule has 3 N–H and O–H groups in total. The third-order valence-electron chi connectivity index (χ3n) is 13.4. The zero-order valence-electron chi connectivity index (χ0n) is 40.0. The Morgan fingerprint density at radius 3 is 1.97 bits per heavy atom. The van der Waals surface area contributed by atoms with Crippen molar-refractivity contribution in [2.45, 2.75) is 92.1 Å². The van der Waals surface area contributed by atoms with Crippen LogP contribution in [0.5, 0.6) is 0 Å². The van der Waals surface area contributed by atoms with Gasteiger partial charge in [-0.1, -0.05) is 69.0 Å². The molecule has 8 rings (SSSR count). The zero-order chi connectivity index (χ0) is 51.9. The number of nitrogens with zero attached hydrogens (tertiary/aromatic N) is 3. The zero-order valence-corrected chi connectivity index (χ0v) is 48.1. The maximum atomic E-state index is 13.4. The number of benzene rings is 4. The Labute approximate surface area is 475 Å². The van der Waals surface area contributed by atoms with Crippen molar-refractivity contribution in [1.29, 1.82) is 0 Å². The minimum Gasteiger partial charge on any atom is -0.344 e. The van der Waals surface area contributed by atoms with Crippen molar-refractivity contribution in [3.8, 4) is 0 Å². The number of rotatable bonds is 14. The van der Waals surface area contributed by atoms with Gasteiger partial charge >= 0.3 is 5.97 Å². The number of carbonyl (C=O) groups is 4. The van der Waals surface area contributed by atoms with Gasteiger partial charge < -0.3 is 9.74 Å². The average molecular weight is 1120 g/mol. The van der Waals surface area contributed by atoms with Crippen molar-refractivity contribution in [3.63, 3.8) is 0 Å². The van der Waals surface area contributed by atoms with Gasteiger partial charge in [0.25, 0.3) is 38.0 Å². The molecule has 4 aromatic carbocycles. The quantitative estimate of drug-likeness (QED) is 0.0165. The van der Waals surface area contributed by atoms with Crippen molar-refractivity contribution in [1.82, 2.24) is 9.79 Å². The Hall–Kier alpha value is -3.63. The summed E-state index contributed by atoms with van der Waals surface area (Å²) in [7, 11) is -13.0. The first kappa shape index (κ1) is 56.1. The summed E-state index contributed by atoms with van der Waals surface area (Å²) in [6.07, 6.45) is 6.20. The van der Waals surface area contributed by atoms with E-state index in [9.17, 15) is 53.5 Å². The predicted molar refractivity (Wildman–Crippen MR) is 283 cm³/mol. The summed E-state index contributed by atoms with van der Waals surface area (Å²) in [5.41, 5.74) is 3.20. The van der Waals surface area contributed by atoms with Crippen LogP contribution in [0, 0.1) is 5.92 Å². The Morgan fingerprint density at radius 2 is 1.40 bits per heavy atom. The van der Waals surface area contributed by atoms with Crippen LogP contribution in [0.15, 0.2) is 93.9 Å². The number of thiol groups is 1. The van der Waals surface area contributed by atoms with Gasteiger partial charge in [-0.15, -0.1) is 5.06 Å². The van der Waals surface area contributed by atoms with Crippen molar-refractivity contribution in [2.75, 3.05) is 24.2 Å². The molecule has 24 heteroatoms. The molecule has 2 fully saturated rings. The topological polar surface area (TPSA) is 242 Å². The summed E-state index contributed by atoms with van der Waals surface area (Å²) in [5.74, 6) is -3.21. The number of imide groups is 1. The van der Waals surface area contributed by atoms with Crippen molar-refractivity contribution < 1.29 is 63.0 Å². The molecule has 4 aromatic rings. The number of allylic oxidation sites excluding steroid dienone is 3. The molecular formula is C48H49KN4O13S6+. The largest absolute Gasteiger partial charge is 0.344 e. The second-order valence-electron chi connectivity index (χ2n) is 19.0. The van der Waals surface area contributed by atoms with Crippen LogP contribution >= 0.6 is 37.1 Å². The molecule has 1 aliphatic carbocycles. The van der Waals surface area contributed by atoms with Gasteiger partial charge in [0.2, 0.25) is 22.3 Å². The van der Waals surface area contributed by atoms with E-state index in [2.05, 4.69) is 4.90 Å². The van der Waals surface area contributed by atoms with Gasteiger partial charge in [0.05, 0.1) is 26.3 Å². The van der Waals surface area contributed by atoms with Crippen molar-refractivity contribution >= 4 is 191 Å². The van der Waals surface area contributed by atoms with Gasteiger partial charge in [-0.2, -0.15) is 34.0 Å². The first-order valence-corrected chi connectivity index (χ1v) is 28.4.